The normalized spacial score (nSPS) is 15.6. The first-order valence-corrected chi connectivity index (χ1v) is 11.8. The minimum Gasteiger partial charge on any atom is -0.489 e. The van der Waals surface area contributed by atoms with Gasteiger partial charge >= 0.3 is 6.18 Å². The van der Waals surface area contributed by atoms with Crippen molar-refractivity contribution in [3.05, 3.63) is 99.5 Å². The summed E-state index contributed by atoms with van der Waals surface area (Å²) < 4.78 is 44.9. The first-order chi connectivity index (χ1) is 17.2. The smallest absolute Gasteiger partial charge is 0.449 e. The number of hydrogen-bond acceptors (Lipinski definition) is 4. The van der Waals surface area contributed by atoms with E-state index in [2.05, 4.69) is 0 Å². The minimum absolute atomic E-state index is 0.140. The lowest BCUT2D eigenvalue weighted by Crippen LogP contribution is -2.25. The van der Waals surface area contributed by atoms with E-state index >= 15 is 0 Å². The van der Waals surface area contributed by atoms with E-state index in [1.165, 1.54) is 16.8 Å². The number of carbonyl (C=O) groups excluding carboxylic acids is 2. The summed E-state index contributed by atoms with van der Waals surface area (Å²) in [4.78, 5) is 36.8. The number of alkyl halides is 3. The Labute approximate surface area is 206 Å². The summed E-state index contributed by atoms with van der Waals surface area (Å²) >= 11 is 0. The molecule has 1 aliphatic carbocycles. The maximum absolute atomic E-state index is 12.9. The molecule has 0 saturated carbocycles. The Kier molecular flexibility index (Phi) is 7.72. The van der Waals surface area contributed by atoms with Crippen LogP contribution in [-0.4, -0.2) is 22.3 Å². The molecule has 0 bridgehead atoms. The Morgan fingerprint density at radius 1 is 0.944 bits per heavy atom. The molecule has 1 unspecified atom stereocenters. The summed E-state index contributed by atoms with van der Waals surface area (Å²) in [6, 6.07) is 17.8. The van der Waals surface area contributed by atoms with Gasteiger partial charge in [-0.3, -0.25) is 14.4 Å². The van der Waals surface area contributed by atoms with Gasteiger partial charge in [0.25, 0.3) is 5.56 Å². The molecule has 1 aliphatic rings. The molecule has 1 aromatic heterocycles. The molecule has 0 N–H and O–H groups in total. The first-order valence-electron chi connectivity index (χ1n) is 11.8. The zero-order valence-electron chi connectivity index (χ0n) is 19.6. The average Bonchev–Trinajstić information content (AvgIpc) is 3.06. The van der Waals surface area contributed by atoms with Crippen molar-refractivity contribution >= 4 is 11.6 Å². The molecule has 5 nitrogen and oxygen atoms in total. The molecule has 36 heavy (non-hydrogen) atoms. The lowest BCUT2D eigenvalue weighted by Gasteiger charge is -2.13. The third kappa shape index (κ3) is 6.50. The van der Waals surface area contributed by atoms with Crippen LogP contribution in [0.2, 0.25) is 0 Å². The van der Waals surface area contributed by atoms with Crippen LogP contribution in [0, 0.1) is 5.92 Å². The van der Waals surface area contributed by atoms with Gasteiger partial charge in [-0.05, 0) is 60.4 Å². The van der Waals surface area contributed by atoms with Crippen LogP contribution in [-0.2, 0) is 30.8 Å². The second-order valence-corrected chi connectivity index (χ2v) is 9.08. The quantitative estimate of drug-likeness (QED) is 0.312. The van der Waals surface area contributed by atoms with Crippen LogP contribution in [0.25, 0.3) is 0 Å². The number of nitrogens with zero attached hydrogens (tertiary/aromatic N) is 1. The molecule has 188 valence electrons. The number of benzene rings is 2. The zero-order valence-corrected chi connectivity index (χ0v) is 19.6. The Morgan fingerprint density at radius 3 is 2.36 bits per heavy atom. The number of aryl methyl sites for hydroxylation is 2. The van der Waals surface area contributed by atoms with Gasteiger partial charge in [-0.2, -0.15) is 13.2 Å². The van der Waals surface area contributed by atoms with E-state index in [1.807, 2.05) is 36.4 Å². The lowest BCUT2D eigenvalue weighted by atomic mass is 9.93. The Balaban J connectivity index is 1.38. The summed E-state index contributed by atoms with van der Waals surface area (Å²) in [5.41, 5.74) is 2.93. The third-order valence-electron chi connectivity index (χ3n) is 6.49. The van der Waals surface area contributed by atoms with E-state index in [0.29, 0.717) is 43.6 Å². The summed E-state index contributed by atoms with van der Waals surface area (Å²) in [6.07, 6.45) is -1.78. The molecule has 4 rings (SSSR count). The monoisotopic (exact) mass is 497 g/mol. The van der Waals surface area contributed by atoms with Crippen molar-refractivity contribution in [2.75, 3.05) is 0 Å². The van der Waals surface area contributed by atoms with E-state index in [4.69, 9.17) is 4.74 Å². The van der Waals surface area contributed by atoms with Crippen molar-refractivity contribution < 1.29 is 27.5 Å². The largest absolute Gasteiger partial charge is 0.489 e. The van der Waals surface area contributed by atoms with Crippen molar-refractivity contribution in [2.24, 2.45) is 5.92 Å². The number of halogens is 3. The van der Waals surface area contributed by atoms with Crippen molar-refractivity contribution in [2.45, 2.75) is 51.4 Å². The highest BCUT2D eigenvalue weighted by Gasteiger charge is 2.39. The molecule has 0 aliphatic heterocycles. The molecular weight excluding hydrogens is 471 g/mol. The molecule has 3 aromatic rings. The molecule has 8 heteroatoms. The van der Waals surface area contributed by atoms with E-state index in [1.54, 1.807) is 18.2 Å². The fourth-order valence-electron chi connectivity index (χ4n) is 4.42. The van der Waals surface area contributed by atoms with Gasteiger partial charge in [0.05, 0.1) is 6.54 Å². The molecule has 0 amide bonds. The van der Waals surface area contributed by atoms with Crippen LogP contribution in [0.15, 0.2) is 71.7 Å². The van der Waals surface area contributed by atoms with Crippen LogP contribution in [0.3, 0.4) is 0 Å². The predicted octanol–water partition coefficient (Wildman–Crippen LogP) is 5.33. The summed E-state index contributed by atoms with van der Waals surface area (Å²) in [6.45, 7) is 0.183. The van der Waals surface area contributed by atoms with Crippen LogP contribution in [0.1, 0.15) is 46.3 Å². The Hall–Kier alpha value is -3.68. The summed E-state index contributed by atoms with van der Waals surface area (Å²) in [7, 11) is 0. The maximum atomic E-state index is 12.9. The number of aromatic nitrogens is 1. The van der Waals surface area contributed by atoms with E-state index in [-0.39, 0.29) is 23.8 Å². The maximum Gasteiger partial charge on any atom is 0.449 e. The molecule has 0 saturated heterocycles. The van der Waals surface area contributed by atoms with Gasteiger partial charge in [0.2, 0.25) is 5.78 Å². The highest BCUT2D eigenvalue weighted by atomic mass is 19.4. The van der Waals surface area contributed by atoms with Gasteiger partial charge in [-0.25, -0.2) is 0 Å². The number of ketones is 2. The van der Waals surface area contributed by atoms with Gasteiger partial charge in [-0.1, -0.05) is 42.5 Å². The number of rotatable bonds is 8. The first kappa shape index (κ1) is 25.4. The molecule has 1 atom stereocenters. The van der Waals surface area contributed by atoms with Crippen molar-refractivity contribution in [3.63, 3.8) is 0 Å². The number of Topliss-reactive ketones (excluding diaryl/α,β-unsaturated/α-hetero) is 2. The van der Waals surface area contributed by atoms with Crippen LogP contribution in [0.5, 0.6) is 5.75 Å². The lowest BCUT2D eigenvalue weighted by molar-refractivity contribution is -0.172. The van der Waals surface area contributed by atoms with Crippen molar-refractivity contribution in [1.82, 2.24) is 4.57 Å². The average molecular weight is 498 g/mol. The summed E-state index contributed by atoms with van der Waals surface area (Å²) in [5.74, 6) is -1.86. The van der Waals surface area contributed by atoms with Crippen LogP contribution in [0.4, 0.5) is 13.2 Å². The predicted molar refractivity (Wildman–Crippen MR) is 128 cm³/mol. The van der Waals surface area contributed by atoms with Gasteiger partial charge in [0.15, 0.2) is 5.78 Å². The fourth-order valence-corrected chi connectivity index (χ4v) is 4.42. The second kappa shape index (κ2) is 10.9. The van der Waals surface area contributed by atoms with Gasteiger partial charge in [-0.15, -0.1) is 0 Å². The molecule has 0 radical (unpaired) electrons. The Morgan fingerprint density at radius 2 is 1.67 bits per heavy atom. The van der Waals surface area contributed by atoms with Gasteiger partial charge in [0.1, 0.15) is 12.4 Å². The molecular formula is C28H26F3NO4. The summed E-state index contributed by atoms with van der Waals surface area (Å²) in [5, 5.41) is 0. The molecule has 0 fully saturated rings. The zero-order chi connectivity index (χ0) is 25.7. The second-order valence-electron chi connectivity index (χ2n) is 9.08. The molecule has 0 spiro atoms. The van der Waals surface area contributed by atoms with Crippen LogP contribution >= 0.6 is 0 Å². The number of ether oxygens (including phenoxy) is 1. The van der Waals surface area contributed by atoms with E-state index in [9.17, 15) is 27.6 Å². The van der Waals surface area contributed by atoms with Gasteiger partial charge < -0.3 is 9.30 Å². The van der Waals surface area contributed by atoms with Crippen molar-refractivity contribution in [1.29, 1.82) is 0 Å². The molecule has 2 aromatic carbocycles. The Bertz CT molecular complexity index is 1300. The third-order valence-corrected chi connectivity index (χ3v) is 6.49. The van der Waals surface area contributed by atoms with Gasteiger partial charge in [0, 0.05) is 24.2 Å². The van der Waals surface area contributed by atoms with E-state index < -0.39 is 18.4 Å². The highest BCUT2D eigenvalue weighted by Crippen LogP contribution is 2.30. The van der Waals surface area contributed by atoms with E-state index in [0.717, 1.165) is 16.7 Å². The number of hydrogen-bond donors (Lipinski definition) is 0. The fraction of sp³-hybridized carbons (Fsp3) is 0.321. The standard InChI is InChI=1S/C28H26F3NO4/c29-28(30,31)26(34)14-19-6-8-21-10-11-23(15-22(21)9-7-19)25(33)17-32-13-12-24(16-27(32)35)36-18-20-4-2-1-3-5-20/h1-5,10-13,15-16,19H,6-9,14,17-18H2. The topological polar surface area (TPSA) is 65.4 Å². The van der Waals surface area contributed by atoms with Crippen molar-refractivity contribution in [3.8, 4) is 5.75 Å². The highest BCUT2D eigenvalue weighted by molar-refractivity contribution is 5.96. The SMILES string of the molecule is O=C(Cn1ccc(OCc2ccccc2)cc1=O)c1ccc2c(c1)CCC(CC(=O)C(F)(F)F)CC2. The number of carbonyl (C=O) groups is 2. The van der Waals surface area contributed by atoms with Crippen LogP contribution < -0.4 is 10.3 Å². The molecule has 1 heterocycles. The number of fused-ring (bicyclic) bond motifs is 1. The number of pyridine rings is 1. The minimum atomic E-state index is -4.80.